The molecule has 0 spiro atoms. The van der Waals surface area contributed by atoms with E-state index in [1.807, 2.05) is 0 Å². The van der Waals surface area contributed by atoms with Crippen LogP contribution >= 0.6 is 23.2 Å². The number of rotatable bonds is 2. The van der Waals surface area contributed by atoms with Crippen LogP contribution in [0.25, 0.3) is 0 Å². The van der Waals surface area contributed by atoms with Crippen LogP contribution in [0.1, 0.15) is 21.6 Å². The highest BCUT2D eigenvalue weighted by Gasteiger charge is 2.32. The standard InChI is InChI=1S/C13H6Cl2F3NO/c14-9-3-1-7(2-4-9)12(20)11-10(15)5-8(6-19-11)13(16,17)18/h1-6H. The lowest BCUT2D eigenvalue weighted by Crippen LogP contribution is -2.10. The van der Waals surface area contributed by atoms with Gasteiger partial charge in [-0.3, -0.25) is 9.78 Å². The Morgan fingerprint density at radius 3 is 2.20 bits per heavy atom. The fourth-order valence-corrected chi connectivity index (χ4v) is 1.88. The molecule has 0 saturated carbocycles. The molecule has 0 unspecified atom stereocenters. The summed E-state index contributed by atoms with van der Waals surface area (Å²) in [7, 11) is 0. The van der Waals surface area contributed by atoms with Gasteiger partial charge in [0.15, 0.2) is 0 Å². The van der Waals surface area contributed by atoms with E-state index in [1.54, 1.807) is 0 Å². The average Bonchev–Trinajstić information content (AvgIpc) is 2.37. The molecule has 1 aromatic heterocycles. The van der Waals surface area contributed by atoms with E-state index >= 15 is 0 Å². The lowest BCUT2D eigenvalue weighted by atomic mass is 10.1. The summed E-state index contributed by atoms with van der Waals surface area (Å²) in [6.07, 6.45) is -3.98. The van der Waals surface area contributed by atoms with Crippen molar-refractivity contribution in [1.82, 2.24) is 4.98 Å². The van der Waals surface area contributed by atoms with Crippen LogP contribution in [0.4, 0.5) is 13.2 Å². The van der Waals surface area contributed by atoms with E-state index in [0.717, 1.165) is 0 Å². The highest BCUT2D eigenvalue weighted by molar-refractivity contribution is 6.34. The van der Waals surface area contributed by atoms with E-state index in [2.05, 4.69) is 4.98 Å². The first-order valence-corrected chi connectivity index (χ1v) is 6.07. The van der Waals surface area contributed by atoms with Crippen LogP contribution in [0.2, 0.25) is 10.0 Å². The number of hydrogen-bond donors (Lipinski definition) is 0. The summed E-state index contributed by atoms with van der Waals surface area (Å²) < 4.78 is 37.4. The first kappa shape index (κ1) is 14.8. The van der Waals surface area contributed by atoms with Gasteiger partial charge < -0.3 is 0 Å². The van der Waals surface area contributed by atoms with Crippen LogP contribution in [0.3, 0.4) is 0 Å². The minimum Gasteiger partial charge on any atom is -0.287 e. The molecule has 0 bridgehead atoms. The highest BCUT2D eigenvalue weighted by atomic mass is 35.5. The maximum absolute atomic E-state index is 12.5. The van der Waals surface area contributed by atoms with Gasteiger partial charge in [0, 0.05) is 16.8 Å². The van der Waals surface area contributed by atoms with E-state index in [-0.39, 0.29) is 16.3 Å². The second-order valence-corrected chi connectivity index (χ2v) is 4.73. The zero-order valence-electron chi connectivity index (χ0n) is 9.71. The average molecular weight is 320 g/mol. The Morgan fingerprint density at radius 2 is 1.70 bits per heavy atom. The van der Waals surface area contributed by atoms with Crippen LogP contribution in [-0.4, -0.2) is 10.8 Å². The summed E-state index contributed by atoms with van der Waals surface area (Å²) in [4.78, 5) is 15.6. The van der Waals surface area contributed by atoms with E-state index < -0.39 is 17.5 Å². The number of hydrogen-bond acceptors (Lipinski definition) is 2. The summed E-state index contributed by atoms with van der Waals surface area (Å²) in [5.41, 5.74) is -0.999. The Hall–Kier alpha value is -1.59. The van der Waals surface area contributed by atoms with Gasteiger partial charge in [-0.05, 0) is 30.3 Å². The third-order valence-electron chi connectivity index (χ3n) is 2.49. The molecule has 0 aliphatic carbocycles. The number of nitrogens with zero attached hydrogens (tertiary/aromatic N) is 1. The Morgan fingerprint density at radius 1 is 1.10 bits per heavy atom. The van der Waals surface area contributed by atoms with E-state index in [1.165, 1.54) is 24.3 Å². The van der Waals surface area contributed by atoms with Crippen molar-refractivity contribution in [3.8, 4) is 0 Å². The van der Waals surface area contributed by atoms with Gasteiger partial charge in [-0.25, -0.2) is 0 Å². The summed E-state index contributed by atoms with van der Waals surface area (Å²) >= 11 is 11.4. The number of pyridine rings is 1. The Kier molecular flexibility index (Phi) is 4.01. The third kappa shape index (κ3) is 3.11. The van der Waals surface area contributed by atoms with Gasteiger partial charge in [0.1, 0.15) is 5.69 Å². The van der Waals surface area contributed by atoms with Crippen molar-refractivity contribution in [2.45, 2.75) is 6.18 Å². The van der Waals surface area contributed by atoms with Crippen LogP contribution in [0, 0.1) is 0 Å². The summed E-state index contributed by atoms with van der Waals surface area (Å²) in [6, 6.07) is 6.55. The molecule has 0 fully saturated rings. The molecule has 0 aliphatic heterocycles. The topological polar surface area (TPSA) is 30.0 Å². The summed E-state index contributed by atoms with van der Waals surface area (Å²) in [5.74, 6) is -0.569. The molecule has 0 aliphatic rings. The van der Waals surface area contributed by atoms with Crippen molar-refractivity contribution in [2.75, 3.05) is 0 Å². The second-order valence-electron chi connectivity index (χ2n) is 3.89. The number of benzene rings is 1. The number of carbonyl (C=O) groups is 1. The van der Waals surface area contributed by atoms with Crippen molar-refractivity contribution in [1.29, 1.82) is 0 Å². The number of alkyl halides is 3. The number of ketones is 1. The van der Waals surface area contributed by atoms with E-state index in [9.17, 15) is 18.0 Å². The second kappa shape index (κ2) is 5.42. The molecular formula is C13H6Cl2F3NO. The van der Waals surface area contributed by atoms with Crippen molar-refractivity contribution in [3.05, 3.63) is 63.4 Å². The molecule has 7 heteroatoms. The van der Waals surface area contributed by atoms with Gasteiger partial charge in [0.2, 0.25) is 5.78 Å². The molecule has 0 atom stereocenters. The van der Waals surface area contributed by atoms with Gasteiger partial charge in [-0.2, -0.15) is 13.2 Å². The van der Waals surface area contributed by atoms with E-state index in [4.69, 9.17) is 23.2 Å². The number of aromatic nitrogens is 1. The van der Waals surface area contributed by atoms with Crippen molar-refractivity contribution in [3.63, 3.8) is 0 Å². The predicted molar refractivity (Wildman–Crippen MR) is 69.1 cm³/mol. The maximum Gasteiger partial charge on any atom is 0.417 e. The Bertz CT molecular complexity index is 654. The molecule has 0 amide bonds. The smallest absolute Gasteiger partial charge is 0.287 e. The van der Waals surface area contributed by atoms with Gasteiger partial charge in [0.05, 0.1) is 10.6 Å². The normalized spacial score (nSPS) is 11.4. The Balaban J connectivity index is 2.38. The van der Waals surface area contributed by atoms with Gasteiger partial charge >= 0.3 is 6.18 Å². The fourth-order valence-electron chi connectivity index (χ4n) is 1.50. The van der Waals surface area contributed by atoms with Gasteiger partial charge in [-0.15, -0.1) is 0 Å². The predicted octanol–water partition coefficient (Wildman–Crippen LogP) is 4.64. The Labute approximate surface area is 122 Å². The molecule has 0 N–H and O–H groups in total. The van der Waals surface area contributed by atoms with Gasteiger partial charge in [-0.1, -0.05) is 23.2 Å². The molecule has 1 aromatic carbocycles. The molecule has 0 radical (unpaired) electrons. The fraction of sp³-hybridized carbons (Fsp3) is 0.0769. The summed E-state index contributed by atoms with van der Waals surface area (Å²) in [6.45, 7) is 0. The summed E-state index contributed by atoms with van der Waals surface area (Å²) in [5, 5.41) is 0.0906. The molecule has 2 aromatic rings. The van der Waals surface area contributed by atoms with E-state index in [0.29, 0.717) is 17.3 Å². The van der Waals surface area contributed by atoms with Gasteiger partial charge in [0.25, 0.3) is 0 Å². The zero-order chi connectivity index (χ0) is 14.9. The molecule has 20 heavy (non-hydrogen) atoms. The van der Waals surface area contributed by atoms with Crippen LogP contribution in [-0.2, 0) is 6.18 Å². The first-order valence-electron chi connectivity index (χ1n) is 5.32. The van der Waals surface area contributed by atoms with Crippen molar-refractivity contribution >= 4 is 29.0 Å². The van der Waals surface area contributed by atoms with Crippen molar-refractivity contribution in [2.24, 2.45) is 0 Å². The van der Waals surface area contributed by atoms with Crippen LogP contribution < -0.4 is 0 Å². The largest absolute Gasteiger partial charge is 0.417 e. The number of halogens is 5. The molecule has 1 heterocycles. The molecule has 2 rings (SSSR count). The molecule has 104 valence electrons. The highest BCUT2D eigenvalue weighted by Crippen LogP contribution is 2.31. The molecule has 0 saturated heterocycles. The van der Waals surface area contributed by atoms with Crippen LogP contribution in [0.15, 0.2) is 36.5 Å². The SMILES string of the molecule is O=C(c1ccc(Cl)cc1)c1ncc(C(F)(F)F)cc1Cl. The number of carbonyl (C=O) groups excluding carboxylic acids is 1. The lowest BCUT2D eigenvalue weighted by Gasteiger charge is -2.08. The minimum atomic E-state index is -4.56. The maximum atomic E-state index is 12.5. The monoisotopic (exact) mass is 319 g/mol. The zero-order valence-corrected chi connectivity index (χ0v) is 11.2. The van der Waals surface area contributed by atoms with Crippen molar-refractivity contribution < 1.29 is 18.0 Å². The minimum absolute atomic E-state index is 0.234. The third-order valence-corrected chi connectivity index (χ3v) is 3.03. The quantitative estimate of drug-likeness (QED) is 0.755. The van der Waals surface area contributed by atoms with Crippen LogP contribution in [0.5, 0.6) is 0 Å². The first-order chi connectivity index (χ1) is 9.29. The molecular weight excluding hydrogens is 314 g/mol. The lowest BCUT2D eigenvalue weighted by molar-refractivity contribution is -0.137. The molecule has 2 nitrogen and oxygen atoms in total.